The third-order valence-corrected chi connectivity index (χ3v) is 7.84. The highest BCUT2D eigenvalue weighted by Gasteiger charge is 2.30. The first kappa shape index (κ1) is 33.0. The predicted octanol–water partition coefficient (Wildman–Crippen LogP) is 5.80. The Labute approximate surface area is 248 Å². The van der Waals surface area contributed by atoms with Gasteiger partial charge in [-0.3, -0.25) is 0 Å². The monoisotopic (exact) mass is 614 g/mol. The number of rotatable bonds is 9. The summed E-state index contributed by atoms with van der Waals surface area (Å²) < 4.78 is 57.5. The summed E-state index contributed by atoms with van der Waals surface area (Å²) in [5.41, 5.74) is 2.49. The number of alkyl halides is 3. The van der Waals surface area contributed by atoms with Crippen molar-refractivity contribution in [1.82, 2.24) is 14.8 Å². The molecule has 0 radical (unpaired) electrons. The van der Waals surface area contributed by atoms with Crippen molar-refractivity contribution < 1.29 is 26.9 Å². The Hall–Kier alpha value is -2.46. The van der Waals surface area contributed by atoms with E-state index < -0.39 is 12.7 Å². The van der Waals surface area contributed by atoms with E-state index in [-0.39, 0.29) is 31.3 Å². The van der Waals surface area contributed by atoms with E-state index in [2.05, 4.69) is 45.8 Å². The fourth-order valence-corrected chi connectivity index (χ4v) is 5.51. The highest BCUT2D eigenvalue weighted by atomic mass is 32.2. The van der Waals surface area contributed by atoms with Gasteiger partial charge in [0.2, 0.25) is 0 Å². The Morgan fingerprint density at radius 3 is 2.56 bits per heavy atom. The third kappa shape index (κ3) is 9.81. The van der Waals surface area contributed by atoms with Crippen LogP contribution in [0.4, 0.5) is 22.7 Å². The van der Waals surface area contributed by atoms with E-state index in [9.17, 15) is 17.1 Å². The highest BCUT2D eigenvalue weighted by Crippen LogP contribution is 2.31. The van der Waals surface area contributed by atoms with Crippen molar-refractivity contribution in [1.29, 1.82) is 0 Å². The molecular weight excluding hydrogens is 576 g/mol. The number of piperidine rings is 1. The smallest absolute Gasteiger partial charge is 0.406 e. The van der Waals surface area contributed by atoms with Crippen LogP contribution in [0, 0.1) is 11.8 Å². The molecule has 0 spiro atoms. The summed E-state index contributed by atoms with van der Waals surface area (Å²) in [5.74, 6) is 6.72. The molecule has 41 heavy (non-hydrogen) atoms. The van der Waals surface area contributed by atoms with Crippen LogP contribution in [0.15, 0.2) is 47.9 Å². The summed E-state index contributed by atoms with van der Waals surface area (Å²) in [7, 11) is 1.62. The lowest BCUT2D eigenvalue weighted by molar-refractivity contribution is -0.140. The summed E-state index contributed by atoms with van der Waals surface area (Å²) >= 11 is 2.00. The van der Waals surface area contributed by atoms with Gasteiger partial charge < -0.3 is 29.9 Å². The number of ether oxygens (including phenoxy) is 1. The van der Waals surface area contributed by atoms with Gasteiger partial charge in [-0.1, -0.05) is 18.1 Å². The van der Waals surface area contributed by atoms with Crippen LogP contribution in [0.3, 0.4) is 0 Å². The number of anilines is 1. The number of benzene rings is 1. The summed E-state index contributed by atoms with van der Waals surface area (Å²) in [4.78, 5) is 2.22. The standard InChI is InChI=1S/C28H35F3N4O2S.CH3FS/c1-37-27-18-22(38-2)8-9-25(27)32-12-4-5-21-17-23-24(33-20-10-13-34(14-11-20)15-16-36)6-3-7-26(23)35(21)19-28(29,30)31;1-3-2/h3,6-7,9,17-18,20,22,32-33,36H,8,10-16,19H2,1-2H3;1H3. The minimum absolute atomic E-state index is 0.143. The molecule has 1 fully saturated rings. The second-order valence-electron chi connectivity index (χ2n) is 9.63. The zero-order valence-corrected chi connectivity index (χ0v) is 25.2. The van der Waals surface area contributed by atoms with Gasteiger partial charge in [-0.2, -0.15) is 28.8 Å². The molecule has 1 unspecified atom stereocenters. The van der Waals surface area contributed by atoms with Gasteiger partial charge >= 0.3 is 6.18 Å². The van der Waals surface area contributed by atoms with E-state index >= 15 is 0 Å². The van der Waals surface area contributed by atoms with E-state index in [4.69, 9.17) is 9.84 Å². The highest BCUT2D eigenvalue weighted by molar-refractivity contribution is 7.99. The zero-order chi connectivity index (χ0) is 29.8. The Bertz CT molecular complexity index is 1250. The largest absolute Gasteiger partial charge is 0.495 e. The quantitative estimate of drug-likeness (QED) is 0.244. The first-order chi connectivity index (χ1) is 19.7. The Kier molecular flexibility index (Phi) is 13.1. The third-order valence-electron chi connectivity index (χ3n) is 6.91. The second kappa shape index (κ2) is 16.2. The molecule has 12 heteroatoms. The van der Waals surface area contributed by atoms with Gasteiger partial charge in [0.1, 0.15) is 12.3 Å². The molecule has 2 heterocycles. The number of nitrogens with zero attached hydrogens (tertiary/aromatic N) is 2. The minimum atomic E-state index is -4.37. The molecule has 1 aliphatic heterocycles. The average molecular weight is 615 g/mol. The maximum Gasteiger partial charge on any atom is 0.406 e. The van der Waals surface area contributed by atoms with Gasteiger partial charge in [0.25, 0.3) is 0 Å². The van der Waals surface area contributed by atoms with Crippen LogP contribution in [0.1, 0.15) is 25.0 Å². The van der Waals surface area contributed by atoms with Crippen LogP contribution >= 0.6 is 23.9 Å². The van der Waals surface area contributed by atoms with Crippen LogP contribution in [0.5, 0.6) is 0 Å². The van der Waals surface area contributed by atoms with Gasteiger partial charge in [-0.25, -0.2) is 0 Å². The van der Waals surface area contributed by atoms with E-state index in [0.29, 0.717) is 23.0 Å². The number of aliphatic hydroxyl groups is 1. The fraction of sp³-hybridized carbons (Fsp3) is 0.517. The molecule has 2 aromatic rings. The Morgan fingerprint density at radius 1 is 1.20 bits per heavy atom. The number of hydrogen-bond acceptors (Lipinski definition) is 7. The van der Waals surface area contributed by atoms with Crippen molar-refractivity contribution in [2.75, 3.05) is 57.7 Å². The van der Waals surface area contributed by atoms with E-state index in [1.807, 2.05) is 6.07 Å². The molecular formula is C29H38F4N4O2S2. The van der Waals surface area contributed by atoms with Gasteiger partial charge in [-0.05, 0) is 55.7 Å². The van der Waals surface area contributed by atoms with Crippen LogP contribution < -0.4 is 10.6 Å². The van der Waals surface area contributed by atoms with Crippen molar-refractivity contribution >= 4 is 40.5 Å². The predicted molar refractivity (Wildman–Crippen MR) is 163 cm³/mol. The number of allylic oxidation sites excluding steroid dienone is 1. The molecule has 1 saturated heterocycles. The summed E-state index contributed by atoms with van der Waals surface area (Å²) in [6.45, 7) is 1.74. The number of fused-ring (bicyclic) bond motifs is 1. The minimum Gasteiger partial charge on any atom is -0.495 e. The molecule has 0 bridgehead atoms. The lowest BCUT2D eigenvalue weighted by Gasteiger charge is -2.32. The number of methoxy groups -OCH3 is 1. The van der Waals surface area contributed by atoms with Gasteiger partial charge in [-0.15, -0.1) is 0 Å². The lowest BCUT2D eigenvalue weighted by atomic mass is 10.0. The van der Waals surface area contributed by atoms with Crippen molar-refractivity contribution in [3.05, 3.63) is 53.6 Å². The van der Waals surface area contributed by atoms with E-state index in [0.717, 1.165) is 54.9 Å². The molecule has 226 valence electrons. The number of β-amino-alcohol motifs (C(OH)–C–C–N with tert-alkyl or cyclic N) is 1. The van der Waals surface area contributed by atoms with E-state index in [1.165, 1.54) is 10.8 Å². The second-order valence-corrected chi connectivity index (χ2v) is 11.0. The lowest BCUT2D eigenvalue weighted by Crippen LogP contribution is -2.40. The van der Waals surface area contributed by atoms with Crippen molar-refractivity contribution in [2.45, 2.75) is 43.3 Å². The number of aliphatic hydroxyl groups excluding tert-OH is 1. The zero-order valence-electron chi connectivity index (χ0n) is 23.6. The molecule has 6 nitrogen and oxygen atoms in total. The number of aromatic nitrogens is 1. The van der Waals surface area contributed by atoms with E-state index in [1.54, 1.807) is 37.1 Å². The SMILES string of the molecule is COC1=CC(SC)CC=C1NCC#Cc1cc2c(NC3CCN(CCO)CC3)cccc2n1CC(F)(F)F.CSF. The Balaban J connectivity index is 0.00000147. The molecule has 3 N–H and O–H groups in total. The maximum absolute atomic E-state index is 13.5. The summed E-state index contributed by atoms with van der Waals surface area (Å²) in [6.07, 6.45) is 5.87. The molecule has 2 aliphatic rings. The maximum atomic E-state index is 13.5. The number of thioether (sulfide) groups is 1. The van der Waals surface area contributed by atoms with Crippen LogP contribution in [0.25, 0.3) is 10.9 Å². The molecule has 0 amide bonds. The molecule has 4 rings (SSSR count). The fourth-order valence-electron chi connectivity index (χ4n) is 4.96. The van der Waals surface area contributed by atoms with Crippen molar-refractivity contribution in [3.8, 4) is 11.8 Å². The normalized spacial score (nSPS) is 18.0. The number of nitrogens with one attached hydrogen (secondary N) is 2. The molecule has 1 aromatic heterocycles. The van der Waals surface area contributed by atoms with Gasteiger partial charge in [0.05, 0.1) is 37.2 Å². The van der Waals surface area contributed by atoms with Gasteiger partial charge in [0, 0.05) is 60.4 Å². The molecule has 0 saturated carbocycles. The van der Waals surface area contributed by atoms with Crippen molar-refractivity contribution in [3.63, 3.8) is 0 Å². The van der Waals surface area contributed by atoms with Crippen molar-refractivity contribution in [2.24, 2.45) is 0 Å². The first-order valence-electron chi connectivity index (χ1n) is 13.4. The molecule has 1 aliphatic carbocycles. The number of halogens is 4. The van der Waals surface area contributed by atoms with Crippen LogP contribution in [0.2, 0.25) is 0 Å². The first-order valence-corrected chi connectivity index (χ1v) is 15.8. The topological polar surface area (TPSA) is 61.7 Å². The number of hydrogen-bond donors (Lipinski definition) is 3. The van der Waals surface area contributed by atoms with Crippen LogP contribution in [-0.4, -0.2) is 84.4 Å². The molecule has 1 atom stereocenters. The van der Waals surface area contributed by atoms with Crippen LogP contribution in [-0.2, 0) is 11.3 Å². The summed E-state index contributed by atoms with van der Waals surface area (Å²) in [6, 6.07) is 7.38. The van der Waals surface area contributed by atoms with Gasteiger partial charge in [0.15, 0.2) is 0 Å². The summed E-state index contributed by atoms with van der Waals surface area (Å²) in [5, 5.41) is 17.0. The Morgan fingerprint density at radius 2 is 1.93 bits per heavy atom. The molecule has 1 aromatic carbocycles. The number of likely N-dealkylation sites (tertiary alicyclic amines) is 1. The average Bonchev–Trinajstić information content (AvgIpc) is 3.29.